The van der Waals surface area contributed by atoms with Crippen LogP contribution in [0.1, 0.15) is 13.8 Å². The van der Waals surface area contributed by atoms with Crippen molar-refractivity contribution in [2.75, 3.05) is 11.9 Å². The zero-order valence-electron chi connectivity index (χ0n) is 9.88. The normalized spacial score (nSPS) is 11.8. The fourth-order valence-electron chi connectivity index (χ4n) is 1.29. The van der Waals surface area contributed by atoms with Crippen molar-refractivity contribution in [2.45, 2.75) is 19.9 Å². The molecule has 0 aliphatic heterocycles. The molecule has 0 unspecified atom stereocenters. The number of rotatable bonds is 3. The maximum atomic E-state index is 11.9. The van der Waals surface area contributed by atoms with E-state index in [4.69, 9.17) is 5.73 Å². The maximum absolute atomic E-state index is 11.9. The Kier molecular flexibility index (Phi) is 6.08. The third-order valence-electron chi connectivity index (χ3n) is 2.48. The lowest BCUT2D eigenvalue weighted by molar-refractivity contribution is -0.120. The monoisotopic (exact) mass is 242 g/mol. The van der Waals surface area contributed by atoms with Crippen LogP contribution in [0.2, 0.25) is 0 Å². The lowest BCUT2D eigenvalue weighted by Gasteiger charge is -2.23. The van der Waals surface area contributed by atoms with Crippen LogP contribution in [0.4, 0.5) is 5.69 Å². The molecule has 2 N–H and O–H groups in total. The van der Waals surface area contributed by atoms with Crippen LogP contribution in [0.3, 0.4) is 0 Å². The highest BCUT2D eigenvalue weighted by Crippen LogP contribution is 2.13. The Balaban J connectivity index is 0.00000225. The maximum Gasteiger partial charge on any atom is 0.243 e. The fourth-order valence-corrected chi connectivity index (χ4v) is 1.29. The van der Waals surface area contributed by atoms with E-state index in [1.807, 2.05) is 44.2 Å². The number of para-hydroxylation sites is 1. The third kappa shape index (κ3) is 3.51. The molecule has 0 aliphatic carbocycles. The quantitative estimate of drug-likeness (QED) is 0.882. The first-order valence-corrected chi connectivity index (χ1v) is 5.12. The highest BCUT2D eigenvalue weighted by Gasteiger charge is 2.21. The van der Waals surface area contributed by atoms with Crippen LogP contribution in [-0.4, -0.2) is 19.0 Å². The molecule has 0 heterocycles. The first-order chi connectivity index (χ1) is 7.04. The van der Waals surface area contributed by atoms with Crippen molar-refractivity contribution in [1.82, 2.24) is 0 Å². The molecule has 16 heavy (non-hydrogen) atoms. The molecule has 0 saturated carbocycles. The number of likely N-dealkylation sites (N-methyl/N-ethyl adjacent to an activating group) is 1. The molecule has 4 heteroatoms. The minimum absolute atomic E-state index is 0. The van der Waals surface area contributed by atoms with Crippen LogP contribution in [0.15, 0.2) is 30.3 Å². The molecular formula is C12H19ClN2O. The third-order valence-corrected chi connectivity index (χ3v) is 2.48. The summed E-state index contributed by atoms with van der Waals surface area (Å²) in [4.78, 5) is 13.5. The molecule has 0 aliphatic rings. The molecule has 0 aromatic heterocycles. The first-order valence-electron chi connectivity index (χ1n) is 5.12. The number of carbonyl (C=O) groups excluding carboxylic acids is 1. The van der Waals surface area contributed by atoms with Gasteiger partial charge in [-0.25, -0.2) is 0 Å². The zero-order chi connectivity index (χ0) is 11.4. The lowest BCUT2D eigenvalue weighted by Crippen LogP contribution is -2.44. The molecule has 1 aromatic carbocycles. The summed E-state index contributed by atoms with van der Waals surface area (Å²) in [5, 5.41) is 0. The Labute approximate surface area is 103 Å². The Morgan fingerprint density at radius 3 is 2.19 bits per heavy atom. The van der Waals surface area contributed by atoms with E-state index in [1.165, 1.54) is 0 Å². The average molecular weight is 243 g/mol. The SMILES string of the molecule is CC(C)[C@H](N)C(=O)N(C)c1ccccc1.Cl. The van der Waals surface area contributed by atoms with E-state index in [9.17, 15) is 4.79 Å². The molecule has 1 amide bonds. The summed E-state index contributed by atoms with van der Waals surface area (Å²) in [6.07, 6.45) is 0. The van der Waals surface area contributed by atoms with Crippen molar-refractivity contribution in [3.63, 3.8) is 0 Å². The molecule has 90 valence electrons. The van der Waals surface area contributed by atoms with Crippen molar-refractivity contribution in [2.24, 2.45) is 11.7 Å². The molecule has 0 bridgehead atoms. The van der Waals surface area contributed by atoms with Crippen molar-refractivity contribution < 1.29 is 4.79 Å². The second-order valence-corrected chi connectivity index (χ2v) is 4.00. The smallest absolute Gasteiger partial charge is 0.243 e. The first kappa shape index (κ1) is 14.9. The number of halogens is 1. The van der Waals surface area contributed by atoms with E-state index >= 15 is 0 Å². The van der Waals surface area contributed by atoms with Crippen LogP contribution < -0.4 is 10.6 Å². The largest absolute Gasteiger partial charge is 0.320 e. The number of benzene rings is 1. The van der Waals surface area contributed by atoms with E-state index in [1.54, 1.807) is 11.9 Å². The van der Waals surface area contributed by atoms with E-state index in [-0.39, 0.29) is 24.2 Å². The van der Waals surface area contributed by atoms with Crippen molar-refractivity contribution >= 4 is 24.0 Å². The number of carbonyl (C=O) groups is 1. The predicted octanol–water partition coefficient (Wildman–Crippen LogP) is 2.05. The topological polar surface area (TPSA) is 46.3 Å². The summed E-state index contributed by atoms with van der Waals surface area (Å²) in [6, 6.07) is 9.08. The van der Waals surface area contributed by atoms with Crippen LogP contribution in [0.25, 0.3) is 0 Å². The standard InChI is InChI=1S/C12H18N2O.ClH/c1-9(2)11(13)12(15)14(3)10-7-5-4-6-8-10;/h4-9,11H,13H2,1-3H3;1H/t11-;/m0./s1. The average Bonchev–Trinajstić information content (AvgIpc) is 2.27. The summed E-state index contributed by atoms with van der Waals surface area (Å²) in [7, 11) is 1.75. The molecule has 3 nitrogen and oxygen atoms in total. The molecule has 0 spiro atoms. The lowest BCUT2D eigenvalue weighted by atomic mass is 10.0. The van der Waals surface area contributed by atoms with Gasteiger partial charge in [0.2, 0.25) is 5.91 Å². The van der Waals surface area contributed by atoms with Gasteiger partial charge in [0.15, 0.2) is 0 Å². The molecule has 1 aromatic rings. The van der Waals surface area contributed by atoms with Gasteiger partial charge < -0.3 is 10.6 Å². The minimum atomic E-state index is -0.435. The molecule has 0 fully saturated rings. The van der Waals surface area contributed by atoms with E-state index in [2.05, 4.69) is 0 Å². The number of amides is 1. The fraction of sp³-hybridized carbons (Fsp3) is 0.417. The van der Waals surface area contributed by atoms with Crippen LogP contribution in [-0.2, 0) is 4.79 Å². The Morgan fingerprint density at radius 1 is 1.25 bits per heavy atom. The second-order valence-electron chi connectivity index (χ2n) is 4.00. The number of nitrogens with two attached hydrogens (primary N) is 1. The van der Waals surface area contributed by atoms with Gasteiger partial charge in [-0.1, -0.05) is 32.0 Å². The summed E-state index contributed by atoms with van der Waals surface area (Å²) < 4.78 is 0. The van der Waals surface area contributed by atoms with Gasteiger partial charge in [0.1, 0.15) is 0 Å². The number of nitrogens with zero attached hydrogens (tertiary/aromatic N) is 1. The Bertz CT molecular complexity index is 327. The molecule has 1 atom stereocenters. The number of anilines is 1. The van der Waals surface area contributed by atoms with Gasteiger partial charge in [0.05, 0.1) is 6.04 Å². The molecule has 1 rings (SSSR count). The molecule has 0 radical (unpaired) electrons. The summed E-state index contributed by atoms with van der Waals surface area (Å²) in [5.41, 5.74) is 6.68. The van der Waals surface area contributed by atoms with Gasteiger partial charge in [-0.05, 0) is 18.1 Å². The van der Waals surface area contributed by atoms with Crippen LogP contribution in [0, 0.1) is 5.92 Å². The van der Waals surface area contributed by atoms with E-state index in [0.29, 0.717) is 0 Å². The van der Waals surface area contributed by atoms with Crippen molar-refractivity contribution in [3.05, 3.63) is 30.3 Å². The van der Waals surface area contributed by atoms with Crippen molar-refractivity contribution in [3.8, 4) is 0 Å². The Hall–Kier alpha value is -1.06. The second kappa shape index (κ2) is 6.51. The number of hydrogen-bond donors (Lipinski definition) is 1. The van der Waals surface area contributed by atoms with Gasteiger partial charge >= 0.3 is 0 Å². The van der Waals surface area contributed by atoms with Gasteiger partial charge in [-0.2, -0.15) is 0 Å². The van der Waals surface area contributed by atoms with Crippen LogP contribution in [0.5, 0.6) is 0 Å². The minimum Gasteiger partial charge on any atom is -0.320 e. The van der Waals surface area contributed by atoms with Gasteiger partial charge in [-0.3, -0.25) is 4.79 Å². The highest BCUT2D eigenvalue weighted by molar-refractivity contribution is 5.96. The van der Waals surface area contributed by atoms with Gasteiger partial charge in [-0.15, -0.1) is 12.4 Å². The predicted molar refractivity (Wildman–Crippen MR) is 69.9 cm³/mol. The zero-order valence-corrected chi connectivity index (χ0v) is 10.7. The number of hydrogen-bond acceptors (Lipinski definition) is 2. The summed E-state index contributed by atoms with van der Waals surface area (Å²) in [5.74, 6) is 0.111. The molecular weight excluding hydrogens is 224 g/mol. The van der Waals surface area contributed by atoms with Gasteiger partial charge in [0, 0.05) is 12.7 Å². The van der Waals surface area contributed by atoms with Crippen molar-refractivity contribution in [1.29, 1.82) is 0 Å². The summed E-state index contributed by atoms with van der Waals surface area (Å²) >= 11 is 0. The van der Waals surface area contributed by atoms with Crippen LogP contribution >= 0.6 is 12.4 Å². The van der Waals surface area contributed by atoms with E-state index in [0.717, 1.165) is 5.69 Å². The Morgan fingerprint density at radius 2 is 1.75 bits per heavy atom. The molecule has 0 saturated heterocycles. The summed E-state index contributed by atoms with van der Waals surface area (Å²) in [6.45, 7) is 3.89. The highest BCUT2D eigenvalue weighted by atomic mass is 35.5. The van der Waals surface area contributed by atoms with E-state index < -0.39 is 6.04 Å². The van der Waals surface area contributed by atoms with Gasteiger partial charge in [0.25, 0.3) is 0 Å².